The Morgan fingerprint density at radius 3 is 2.33 bits per heavy atom. The Balaban J connectivity index is 2.37. The zero-order valence-corrected chi connectivity index (χ0v) is 7.10. The number of halogens is 1. The van der Waals surface area contributed by atoms with E-state index in [1.54, 1.807) is 11.8 Å². The molecule has 0 amide bonds. The molecule has 0 aromatic rings. The van der Waals surface area contributed by atoms with Crippen molar-refractivity contribution in [2.24, 2.45) is 0 Å². The third-order valence-corrected chi connectivity index (χ3v) is 3.59. The predicted molar refractivity (Wildman–Crippen MR) is 42.2 cm³/mol. The van der Waals surface area contributed by atoms with Gasteiger partial charge >= 0.3 is 0 Å². The van der Waals surface area contributed by atoms with Crippen LogP contribution in [0.2, 0.25) is 0 Å². The summed E-state index contributed by atoms with van der Waals surface area (Å²) >= 11 is 7.88. The van der Waals surface area contributed by atoms with Gasteiger partial charge in [0.1, 0.15) is 0 Å². The molecule has 1 nitrogen and oxygen atoms in total. The number of hydrogen-bond acceptors (Lipinski definition) is 2. The maximum absolute atomic E-state index is 6.14. The van der Waals surface area contributed by atoms with Crippen LogP contribution in [0.25, 0.3) is 0 Å². The summed E-state index contributed by atoms with van der Waals surface area (Å²) in [6, 6.07) is 0. The highest BCUT2D eigenvalue weighted by molar-refractivity contribution is 8.01. The molecule has 0 aromatic carbocycles. The van der Waals surface area contributed by atoms with E-state index in [9.17, 15) is 0 Å². The molecule has 1 fully saturated rings. The summed E-state index contributed by atoms with van der Waals surface area (Å²) in [6.07, 6.45) is 4.02. The van der Waals surface area contributed by atoms with Gasteiger partial charge < -0.3 is 4.74 Å². The van der Waals surface area contributed by atoms with Crippen molar-refractivity contribution in [3.8, 4) is 0 Å². The molecule has 0 N–H and O–H groups in total. The molecule has 1 aliphatic heterocycles. The summed E-state index contributed by atoms with van der Waals surface area (Å²) in [5.41, 5.74) is 0. The smallest absolute Gasteiger partial charge is 0.0937 e. The second kappa shape index (κ2) is 3.13. The van der Waals surface area contributed by atoms with E-state index in [0.29, 0.717) is 0 Å². The fourth-order valence-electron chi connectivity index (χ4n) is 0.880. The van der Waals surface area contributed by atoms with Crippen molar-refractivity contribution in [2.75, 3.05) is 19.5 Å². The van der Waals surface area contributed by atoms with Gasteiger partial charge in [0.15, 0.2) is 0 Å². The Labute approximate surface area is 65.1 Å². The van der Waals surface area contributed by atoms with E-state index in [1.165, 1.54) is 0 Å². The molecule has 0 unspecified atom stereocenters. The van der Waals surface area contributed by atoms with Crippen molar-refractivity contribution in [1.82, 2.24) is 0 Å². The van der Waals surface area contributed by atoms with E-state index in [0.717, 1.165) is 26.1 Å². The van der Waals surface area contributed by atoms with Crippen LogP contribution in [-0.2, 0) is 4.74 Å². The average molecular weight is 167 g/mol. The molecule has 0 saturated carbocycles. The van der Waals surface area contributed by atoms with Crippen LogP contribution in [0, 0.1) is 0 Å². The highest BCUT2D eigenvalue weighted by atomic mass is 35.5. The molecule has 54 valence electrons. The third-order valence-electron chi connectivity index (χ3n) is 1.61. The van der Waals surface area contributed by atoms with Crippen molar-refractivity contribution >= 4 is 23.4 Å². The highest BCUT2D eigenvalue weighted by Gasteiger charge is 2.28. The summed E-state index contributed by atoms with van der Waals surface area (Å²) in [5, 5.41) is 0. The molecule has 9 heavy (non-hydrogen) atoms. The Hall–Kier alpha value is 0.600. The molecule has 0 spiro atoms. The lowest BCUT2D eigenvalue weighted by Gasteiger charge is -2.28. The molecule has 1 heterocycles. The Kier molecular flexibility index (Phi) is 2.68. The van der Waals surface area contributed by atoms with Gasteiger partial charge in [0.2, 0.25) is 0 Å². The lowest BCUT2D eigenvalue weighted by molar-refractivity contribution is 0.0934. The molecule has 0 aromatic heterocycles. The standard InChI is InChI=1S/C6H11ClOS/c1-9-6(7)2-4-8-5-3-6/h2-5H2,1H3. The number of alkyl halides is 1. The third kappa shape index (κ3) is 2.03. The second-order valence-corrected chi connectivity index (χ2v) is 4.34. The van der Waals surface area contributed by atoms with Crippen LogP contribution >= 0.6 is 23.4 Å². The van der Waals surface area contributed by atoms with Gasteiger partial charge in [0, 0.05) is 13.2 Å². The first kappa shape index (κ1) is 7.70. The van der Waals surface area contributed by atoms with Crippen molar-refractivity contribution in [1.29, 1.82) is 0 Å². The van der Waals surface area contributed by atoms with E-state index >= 15 is 0 Å². The van der Waals surface area contributed by atoms with Gasteiger partial charge in [-0.3, -0.25) is 0 Å². The number of rotatable bonds is 1. The molecule has 0 aliphatic carbocycles. The Morgan fingerprint density at radius 2 is 2.00 bits per heavy atom. The number of hydrogen-bond donors (Lipinski definition) is 0. The van der Waals surface area contributed by atoms with E-state index in [2.05, 4.69) is 6.26 Å². The van der Waals surface area contributed by atoms with Gasteiger partial charge in [-0.15, -0.1) is 23.4 Å². The lowest BCUT2D eigenvalue weighted by Crippen LogP contribution is -2.26. The van der Waals surface area contributed by atoms with Gasteiger partial charge in [-0.25, -0.2) is 0 Å². The maximum Gasteiger partial charge on any atom is 0.0937 e. The topological polar surface area (TPSA) is 9.23 Å². The lowest BCUT2D eigenvalue weighted by atomic mass is 10.2. The molecular weight excluding hydrogens is 156 g/mol. The van der Waals surface area contributed by atoms with Gasteiger partial charge in [-0.1, -0.05) is 0 Å². The van der Waals surface area contributed by atoms with Crippen LogP contribution < -0.4 is 0 Å². The second-order valence-electron chi connectivity index (χ2n) is 2.20. The highest BCUT2D eigenvalue weighted by Crippen LogP contribution is 2.37. The van der Waals surface area contributed by atoms with Gasteiger partial charge in [0.25, 0.3) is 0 Å². The van der Waals surface area contributed by atoms with Crippen LogP contribution in [-0.4, -0.2) is 23.7 Å². The van der Waals surface area contributed by atoms with Gasteiger partial charge in [0.05, 0.1) is 4.21 Å². The molecule has 1 aliphatic rings. The Bertz CT molecular complexity index is 91.1. The number of ether oxygens (including phenoxy) is 1. The van der Waals surface area contributed by atoms with Crippen molar-refractivity contribution in [3.63, 3.8) is 0 Å². The van der Waals surface area contributed by atoms with Crippen LogP contribution in [0.5, 0.6) is 0 Å². The molecular formula is C6H11ClOS. The van der Waals surface area contributed by atoms with Crippen molar-refractivity contribution in [2.45, 2.75) is 17.0 Å². The molecule has 0 atom stereocenters. The van der Waals surface area contributed by atoms with Crippen LogP contribution in [0.15, 0.2) is 0 Å². The monoisotopic (exact) mass is 166 g/mol. The minimum atomic E-state index is -0.0156. The number of thioether (sulfide) groups is 1. The summed E-state index contributed by atoms with van der Waals surface area (Å²) in [5.74, 6) is 0. The van der Waals surface area contributed by atoms with Gasteiger partial charge in [-0.05, 0) is 19.1 Å². The summed E-state index contributed by atoms with van der Waals surface area (Å²) < 4.78 is 5.15. The Morgan fingerprint density at radius 1 is 1.44 bits per heavy atom. The molecule has 0 radical (unpaired) electrons. The van der Waals surface area contributed by atoms with E-state index in [-0.39, 0.29) is 4.21 Å². The first-order valence-electron chi connectivity index (χ1n) is 3.09. The SMILES string of the molecule is CSC1(Cl)CCOCC1. The van der Waals surface area contributed by atoms with Gasteiger partial charge in [-0.2, -0.15) is 0 Å². The largest absolute Gasteiger partial charge is 0.381 e. The molecule has 1 rings (SSSR count). The normalized spacial score (nSPS) is 26.0. The van der Waals surface area contributed by atoms with Crippen LogP contribution in [0.3, 0.4) is 0 Å². The first-order chi connectivity index (χ1) is 4.27. The van der Waals surface area contributed by atoms with E-state index in [4.69, 9.17) is 16.3 Å². The zero-order chi connectivity index (χ0) is 6.74. The predicted octanol–water partition coefficient (Wildman–Crippen LogP) is 2.09. The fourth-order valence-corrected chi connectivity index (χ4v) is 1.61. The first-order valence-corrected chi connectivity index (χ1v) is 4.69. The quantitative estimate of drug-likeness (QED) is 0.552. The fraction of sp³-hybridized carbons (Fsp3) is 1.00. The molecule has 3 heteroatoms. The van der Waals surface area contributed by atoms with Crippen LogP contribution in [0.4, 0.5) is 0 Å². The zero-order valence-electron chi connectivity index (χ0n) is 5.52. The maximum atomic E-state index is 6.14. The average Bonchev–Trinajstić information content (AvgIpc) is 1.90. The molecule has 0 bridgehead atoms. The summed E-state index contributed by atoms with van der Waals surface area (Å²) in [4.78, 5) is 0. The van der Waals surface area contributed by atoms with Crippen molar-refractivity contribution < 1.29 is 4.74 Å². The van der Waals surface area contributed by atoms with E-state index in [1.807, 2.05) is 0 Å². The van der Waals surface area contributed by atoms with Crippen LogP contribution in [0.1, 0.15) is 12.8 Å². The summed E-state index contributed by atoms with van der Waals surface area (Å²) in [7, 11) is 0. The minimum absolute atomic E-state index is 0.0156. The van der Waals surface area contributed by atoms with E-state index < -0.39 is 0 Å². The minimum Gasteiger partial charge on any atom is -0.381 e. The molecule has 1 saturated heterocycles. The summed E-state index contributed by atoms with van der Waals surface area (Å²) in [6.45, 7) is 1.65. The van der Waals surface area contributed by atoms with Crippen molar-refractivity contribution in [3.05, 3.63) is 0 Å².